The van der Waals surface area contributed by atoms with Gasteiger partial charge in [-0.05, 0) is 118 Å². The minimum Gasteiger partial charge on any atom is -0.506 e. The van der Waals surface area contributed by atoms with Crippen LogP contribution in [0.3, 0.4) is 0 Å². The Kier molecular flexibility index (Phi) is 7.68. The van der Waals surface area contributed by atoms with E-state index in [0.29, 0.717) is 53.7 Å². The molecule has 0 saturated heterocycles. The largest absolute Gasteiger partial charge is 0.506 e. The molecule has 9 heteroatoms. The van der Waals surface area contributed by atoms with E-state index in [4.69, 9.17) is 16.3 Å². The fraction of sp³-hybridized carbons (Fsp3) is 0.594. The zero-order valence-corrected chi connectivity index (χ0v) is 25.6. The number of anilines is 1. The third kappa shape index (κ3) is 5.54. The van der Waals surface area contributed by atoms with Crippen LogP contribution in [0.5, 0.6) is 11.5 Å². The Morgan fingerprint density at radius 1 is 1.05 bits per heavy atom. The highest BCUT2D eigenvalue weighted by molar-refractivity contribution is 7.90. The molecule has 4 aliphatic rings. The van der Waals surface area contributed by atoms with Crippen molar-refractivity contribution in [1.29, 1.82) is 0 Å². The number of carbonyl (C=O) groups excluding carboxylic acids is 1. The second-order valence-electron chi connectivity index (χ2n) is 13.1. The van der Waals surface area contributed by atoms with Gasteiger partial charge in [0.15, 0.2) is 0 Å². The lowest BCUT2D eigenvalue weighted by molar-refractivity contribution is 0.0981. The fourth-order valence-corrected chi connectivity index (χ4v) is 8.63. The number of aryl methyl sites for hydroxylation is 1. The maximum absolute atomic E-state index is 13.3. The number of hydrogen-bond acceptors (Lipinski definition) is 6. The summed E-state index contributed by atoms with van der Waals surface area (Å²) in [5.41, 5.74) is 3.03. The van der Waals surface area contributed by atoms with Gasteiger partial charge in [-0.1, -0.05) is 24.9 Å². The average Bonchev–Trinajstić information content (AvgIpc) is 3.07. The van der Waals surface area contributed by atoms with Crippen molar-refractivity contribution in [3.8, 4) is 11.5 Å². The lowest BCUT2D eigenvalue weighted by Crippen LogP contribution is -2.48. The van der Waals surface area contributed by atoms with Crippen LogP contribution in [0.4, 0.5) is 5.69 Å². The number of phenolic OH excluding ortho intramolecular Hbond substituents is 1. The number of ether oxygens (including phenoxy) is 1. The Bertz CT molecular complexity index is 1450. The second kappa shape index (κ2) is 11.0. The number of nitrogens with zero attached hydrogens (tertiary/aromatic N) is 1. The summed E-state index contributed by atoms with van der Waals surface area (Å²) in [5, 5.41) is 10.3. The molecular formula is C32H41ClN2O5S. The van der Waals surface area contributed by atoms with Crippen LogP contribution in [-0.2, 0) is 21.9 Å². The fourth-order valence-electron chi connectivity index (χ4n) is 7.42. The molecule has 0 radical (unpaired) electrons. The lowest BCUT2D eigenvalue weighted by atomic mass is 9.68. The molecule has 222 valence electrons. The highest BCUT2D eigenvalue weighted by Gasteiger charge is 2.44. The van der Waals surface area contributed by atoms with Gasteiger partial charge in [-0.15, -0.1) is 0 Å². The van der Waals surface area contributed by atoms with Crippen molar-refractivity contribution in [2.24, 2.45) is 17.8 Å². The summed E-state index contributed by atoms with van der Waals surface area (Å²) in [6.07, 6.45) is 8.83. The number of rotatable bonds is 0. The summed E-state index contributed by atoms with van der Waals surface area (Å²) >= 11 is 6.31. The molecular weight excluding hydrogens is 560 g/mol. The predicted molar refractivity (Wildman–Crippen MR) is 162 cm³/mol. The number of halogens is 1. The summed E-state index contributed by atoms with van der Waals surface area (Å²) in [5.74, 6) is 1.81. The molecule has 2 aliphatic heterocycles. The van der Waals surface area contributed by atoms with Crippen LogP contribution in [0.25, 0.3) is 0 Å². The molecule has 2 aromatic carbocycles. The number of carbonyl (C=O) groups is 1. The van der Waals surface area contributed by atoms with Crippen LogP contribution in [0, 0.1) is 17.8 Å². The summed E-state index contributed by atoms with van der Waals surface area (Å²) in [6, 6.07) is 8.98. The average molecular weight is 601 g/mol. The number of sulfonamides is 1. The van der Waals surface area contributed by atoms with Gasteiger partial charge in [-0.2, -0.15) is 0 Å². The Balaban J connectivity index is 1.41. The predicted octanol–water partition coefficient (Wildman–Crippen LogP) is 6.20. The number of aromatic hydroxyl groups is 1. The normalized spacial score (nSPS) is 31.6. The first-order valence-corrected chi connectivity index (χ1v) is 17.1. The van der Waals surface area contributed by atoms with Gasteiger partial charge < -0.3 is 14.7 Å². The van der Waals surface area contributed by atoms with E-state index in [2.05, 4.69) is 16.5 Å². The number of amides is 1. The van der Waals surface area contributed by atoms with Crippen LogP contribution >= 0.6 is 11.6 Å². The van der Waals surface area contributed by atoms with Gasteiger partial charge in [0.05, 0.1) is 22.6 Å². The van der Waals surface area contributed by atoms with Gasteiger partial charge in [0.25, 0.3) is 5.91 Å². The summed E-state index contributed by atoms with van der Waals surface area (Å²) < 4.78 is 34.9. The minimum absolute atomic E-state index is 0.0871. The molecule has 1 fully saturated rings. The van der Waals surface area contributed by atoms with Crippen molar-refractivity contribution in [2.75, 3.05) is 24.6 Å². The minimum atomic E-state index is -3.80. The zero-order chi connectivity index (χ0) is 28.9. The molecule has 41 heavy (non-hydrogen) atoms. The van der Waals surface area contributed by atoms with Crippen LogP contribution in [0.2, 0.25) is 5.02 Å². The molecule has 1 spiro atoms. The van der Waals surface area contributed by atoms with E-state index < -0.39 is 21.2 Å². The maximum Gasteiger partial charge on any atom is 0.264 e. The zero-order valence-electron chi connectivity index (χ0n) is 24.0. The Morgan fingerprint density at radius 3 is 2.59 bits per heavy atom. The van der Waals surface area contributed by atoms with Gasteiger partial charge in [-0.3, -0.25) is 4.79 Å². The quantitative estimate of drug-likeness (QED) is 0.374. The highest BCUT2D eigenvalue weighted by atomic mass is 35.5. The molecule has 1 saturated carbocycles. The van der Waals surface area contributed by atoms with Gasteiger partial charge in [0, 0.05) is 24.1 Å². The topological polar surface area (TPSA) is 95.9 Å². The number of benzene rings is 2. The van der Waals surface area contributed by atoms with Crippen LogP contribution in [0.15, 0.2) is 30.3 Å². The molecule has 2 N–H and O–H groups in total. The summed E-state index contributed by atoms with van der Waals surface area (Å²) in [6.45, 7) is 5.89. The van der Waals surface area contributed by atoms with E-state index in [0.717, 1.165) is 61.9 Å². The van der Waals surface area contributed by atoms with Crippen molar-refractivity contribution < 1.29 is 23.1 Å². The molecule has 2 aromatic rings. The standard InChI is InChI=1S/C32H41ClN2O5S/c1-20-5-7-21(2)41(38,39)34-31(37)24-11-12-30-28(15-24)35(17-25-10-9-22(25)8-6-20)18-32(19-40-30)13-3-4-23-14-27(33)29(36)16-26(23)32/h11-12,14-16,20-22,25,36H,3-10,13,17-19H2,1-2H3,(H,34,37)/t20-,21-,22-,25+,32+/m1/s1. The van der Waals surface area contributed by atoms with E-state index in [1.807, 2.05) is 12.1 Å². The first-order valence-electron chi connectivity index (χ1n) is 15.1. The van der Waals surface area contributed by atoms with E-state index in [9.17, 15) is 18.3 Å². The molecule has 2 heterocycles. The van der Waals surface area contributed by atoms with Crippen molar-refractivity contribution in [3.05, 3.63) is 52.0 Å². The second-order valence-corrected chi connectivity index (χ2v) is 15.6. The Labute approximate surface area is 248 Å². The lowest BCUT2D eigenvalue weighted by Gasteiger charge is -2.45. The summed E-state index contributed by atoms with van der Waals surface area (Å²) in [4.78, 5) is 15.7. The molecule has 2 aliphatic carbocycles. The van der Waals surface area contributed by atoms with E-state index >= 15 is 0 Å². The molecule has 0 unspecified atom stereocenters. The van der Waals surface area contributed by atoms with E-state index in [1.165, 1.54) is 12.8 Å². The molecule has 0 aromatic heterocycles. The van der Waals surface area contributed by atoms with Crippen LogP contribution in [0.1, 0.15) is 86.7 Å². The number of phenols is 1. The van der Waals surface area contributed by atoms with Crippen molar-refractivity contribution >= 4 is 33.2 Å². The molecule has 6 rings (SSSR count). The van der Waals surface area contributed by atoms with Crippen molar-refractivity contribution in [3.63, 3.8) is 0 Å². The van der Waals surface area contributed by atoms with Gasteiger partial charge in [-0.25, -0.2) is 13.1 Å². The SMILES string of the molecule is C[C@H]1CC[C@@H]2CC[C@H]2CN2C[C@@]3(CCCc4cc(Cl)c(O)cc43)COc3ccc(cc32)C(=O)NS(=O)(=O)[C@H](C)CC1. The van der Waals surface area contributed by atoms with Gasteiger partial charge in [0.1, 0.15) is 11.5 Å². The van der Waals surface area contributed by atoms with Gasteiger partial charge >= 0.3 is 0 Å². The molecule has 2 bridgehead atoms. The van der Waals surface area contributed by atoms with Crippen LogP contribution < -0.4 is 14.4 Å². The smallest absolute Gasteiger partial charge is 0.264 e. The van der Waals surface area contributed by atoms with E-state index in [-0.39, 0.29) is 11.2 Å². The monoisotopic (exact) mass is 600 g/mol. The number of hydrogen-bond donors (Lipinski definition) is 2. The van der Waals surface area contributed by atoms with Crippen molar-refractivity contribution in [1.82, 2.24) is 4.72 Å². The molecule has 5 atom stereocenters. The maximum atomic E-state index is 13.3. The third-order valence-electron chi connectivity index (χ3n) is 10.3. The summed E-state index contributed by atoms with van der Waals surface area (Å²) in [7, 11) is -3.80. The number of nitrogens with one attached hydrogen (secondary N) is 1. The van der Waals surface area contributed by atoms with Gasteiger partial charge in [0.2, 0.25) is 10.0 Å². The Hall–Kier alpha value is -2.45. The van der Waals surface area contributed by atoms with Crippen LogP contribution in [-0.4, -0.2) is 44.4 Å². The Morgan fingerprint density at radius 2 is 1.80 bits per heavy atom. The third-order valence-corrected chi connectivity index (χ3v) is 12.4. The first kappa shape index (κ1) is 28.7. The number of fused-ring (bicyclic) bond motifs is 4. The molecule has 7 nitrogen and oxygen atoms in total. The first-order chi connectivity index (χ1) is 19.5. The highest BCUT2D eigenvalue weighted by Crippen LogP contribution is 2.48. The van der Waals surface area contributed by atoms with E-state index in [1.54, 1.807) is 25.1 Å². The molecule has 1 amide bonds. The van der Waals surface area contributed by atoms with Crippen molar-refractivity contribution in [2.45, 2.75) is 82.3 Å².